The van der Waals surface area contributed by atoms with E-state index in [1.807, 2.05) is 36.4 Å². The standard InChI is InChI=1S/C12H11NO2/c1-9(11-6-4-3-5-7-11)12(8-13)15-10(2)14/h3-7H,1-2H3/b12-9+. The average molecular weight is 201 g/mol. The zero-order valence-corrected chi connectivity index (χ0v) is 8.65. The number of nitriles is 1. The van der Waals surface area contributed by atoms with Gasteiger partial charge in [-0.05, 0) is 12.5 Å². The summed E-state index contributed by atoms with van der Waals surface area (Å²) >= 11 is 0. The number of carbonyl (C=O) groups is 1. The molecule has 0 amide bonds. The topological polar surface area (TPSA) is 50.1 Å². The number of benzene rings is 1. The number of nitrogens with zero attached hydrogens (tertiary/aromatic N) is 1. The van der Waals surface area contributed by atoms with Gasteiger partial charge in [0.05, 0.1) is 0 Å². The maximum absolute atomic E-state index is 10.7. The normalized spacial score (nSPS) is 11.3. The smallest absolute Gasteiger partial charge is 0.308 e. The lowest BCUT2D eigenvalue weighted by Gasteiger charge is -2.04. The fraction of sp³-hybridized carbons (Fsp3) is 0.167. The van der Waals surface area contributed by atoms with E-state index >= 15 is 0 Å². The molecule has 0 bridgehead atoms. The highest BCUT2D eigenvalue weighted by molar-refractivity contribution is 5.74. The van der Waals surface area contributed by atoms with Gasteiger partial charge in [0, 0.05) is 12.5 Å². The minimum Gasteiger partial charge on any atom is -0.415 e. The van der Waals surface area contributed by atoms with E-state index in [9.17, 15) is 4.79 Å². The molecule has 0 fully saturated rings. The number of esters is 1. The summed E-state index contributed by atoms with van der Waals surface area (Å²) in [5, 5.41) is 8.82. The van der Waals surface area contributed by atoms with Gasteiger partial charge in [0.15, 0.2) is 0 Å². The Morgan fingerprint density at radius 1 is 1.27 bits per heavy atom. The predicted molar refractivity (Wildman–Crippen MR) is 56.4 cm³/mol. The Labute approximate surface area is 88.6 Å². The number of hydrogen-bond donors (Lipinski definition) is 0. The molecule has 0 unspecified atom stereocenters. The van der Waals surface area contributed by atoms with Crippen LogP contribution in [-0.2, 0) is 9.53 Å². The number of carbonyl (C=O) groups excluding carboxylic acids is 1. The second kappa shape index (κ2) is 4.97. The molecule has 3 heteroatoms. The van der Waals surface area contributed by atoms with E-state index in [4.69, 9.17) is 10.00 Å². The Balaban J connectivity index is 3.08. The molecule has 0 aromatic heterocycles. The number of ether oxygens (including phenoxy) is 1. The van der Waals surface area contributed by atoms with Crippen LogP contribution in [-0.4, -0.2) is 5.97 Å². The van der Waals surface area contributed by atoms with Crippen LogP contribution in [0.2, 0.25) is 0 Å². The van der Waals surface area contributed by atoms with Gasteiger partial charge in [-0.3, -0.25) is 4.79 Å². The molecule has 0 N–H and O–H groups in total. The first-order valence-electron chi connectivity index (χ1n) is 4.50. The Bertz CT molecular complexity index is 427. The molecule has 15 heavy (non-hydrogen) atoms. The molecule has 0 aliphatic carbocycles. The minimum atomic E-state index is -0.484. The predicted octanol–water partition coefficient (Wildman–Crippen LogP) is 2.50. The van der Waals surface area contributed by atoms with Crippen molar-refractivity contribution in [3.8, 4) is 6.07 Å². The van der Waals surface area contributed by atoms with Gasteiger partial charge in [0.2, 0.25) is 5.76 Å². The van der Waals surface area contributed by atoms with E-state index < -0.39 is 5.97 Å². The minimum absolute atomic E-state index is 0.0497. The highest BCUT2D eigenvalue weighted by Crippen LogP contribution is 2.18. The van der Waals surface area contributed by atoms with E-state index in [-0.39, 0.29) is 5.76 Å². The van der Waals surface area contributed by atoms with Gasteiger partial charge in [-0.15, -0.1) is 0 Å². The second-order valence-corrected chi connectivity index (χ2v) is 3.03. The van der Waals surface area contributed by atoms with Crippen molar-refractivity contribution in [3.63, 3.8) is 0 Å². The SMILES string of the molecule is CC(=O)O/C(C#N)=C(\C)c1ccccc1. The zero-order valence-electron chi connectivity index (χ0n) is 8.65. The lowest BCUT2D eigenvalue weighted by atomic mass is 10.1. The van der Waals surface area contributed by atoms with Gasteiger partial charge in [0.1, 0.15) is 6.07 Å². The molecule has 76 valence electrons. The highest BCUT2D eigenvalue weighted by atomic mass is 16.5. The van der Waals surface area contributed by atoms with Crippen LogP contribution in [0.3, 0.4) is 0 Å². The van der Waals surface area contributed by atoms with Crippen molar-refractivity contribution in [1.82, 2.24) is 0 Å². The van der Waals surface area contributed by atoms with E-state index in [1.54, 1.807) is 6.92 Å². The van der Waals surface area contributed by atoms with Crippen LogP contribution < -0.4 is 0 Å². The van der Waals surface area contributed by atoms with Crippen LogP contribution in [0.5, 0.6) is 0 Å². The molecule has 1 aromatic rings. The van der Waals surface area contributed by atoms with Gasteiger partial charge in [-0.25, -0.2) is 0 Å². The summed E-state index contributed by atoms with van der Waals surface area (Å²) in [7, 11) is 0. The Hall–Kier alpha value is -2.08. The Morgan fingerprint density at radius 2 is 1.87 bits per heavy atom. The van der Waals surface area contributed by atoms with E-state index in [1.165, 1.54) is 6.92 Å². The van der Waals surface area contributed by atoms with Crippen molar-refractivity contribution in [2.24, 2.45) is 0 Å². The van der Waals surface area contributed by atoms with Crippen molar-refractivity contribution >= 4 is 11.5 Å². The zero-order chi connectivity index (χ0) is 11.3. The molecule has 3 nitrogen and oxygen atoms in total. The largest absolute Gasteiger partial charge is 0.415 e. The molecular formula is C12H11NO2. The quantitative estimate of drug-likeness (QED) is 0.419. The Morgan fingerprint density at radius 3 is 2.33 bits per heavy atom. The van der Waals surface area contributed by atoms with E-state index in [0.717, 1.165) is 5.56 Å². The van der Waals surface area contributed by atoms with Crippen molar-refractivity contribution in [3.05, 3.63) is 41.7 Å². The molecule has 0 radical (unpaired) electrons. The Kier molecular flexibility index (Phi) is 3.64. The summed E-state index contributed by atoms with van der Waals surface area (Å²) in [5.74, 6) is -0.435. The molecule has 0 saturated carbocycles. The fourth-order valence-electron chi connectivity index (χ4n) is 1.15. The summed E-state index contributed by atoms with van der Waals surface area (Å²) in [6.45, 7) is 3.02. The molecule has 1 rings (SSSR count). The van der Waals surface area contributed by atoms with Crippen LogP contribution in [0.15, 0.2) is 36.1 Å². The summed E-state index contributed by atoms with van der Waals surface area (Å²) in [4.78, 5) is 10.7. The van der Waals surface area contributed by atoms with E-state index in [0.29, 0.717) is 5.57 Å². The summed E-state index contributed by atoms with van der Waals surface area (Å²) < 4.78 is 4.80. The molecular weight excluding hydrogens is 190 g/mol. The molecule has 0 aliphatic rings. The van der Waals surface area contributed by atoms with Crippen LogP contribution >= 0.6 is 0 Å². The molecule has 0 heterocycles. The number of allylic oxidation sites excluding steroid dienone is 2. The summed E-state index contributed by atoms with van der Waals surface area (Å²) in [5.41, 5.74) is 1.53. The summed E-state index contributed by atoms with van der Waals surface area (Å²) in [6, 6.07) is 11.2. The number of rotatable bonds is 2. The number of hydrogen-bond acceptors (Lipinski definition) is 3. The van der Waals surface area contributed by atoms with Crippen molar-refractivity contribution in [2.45, 2.75) is 13.8 Å². The molecule has 1 aromatic carbocycles. The van der Waals surface area contributed by atoms with Crippen LogP contribution in [0.4, 0.5) is 0 Å². The lowest BCUT2D eigenvalue weighted by Crippen LogP contribution is -1.99. The van der Waals surface area contributed by atoms with Gasteiger partial charge >= 0.3 is 5.97 Å². The highest BCUT2D eigenvalue weighted by Gasteiger charge is 2.07. The van der Waals surface area contributed by atoms with Crippen molar-refractivity contribution in [1.29, 1.82) is 5.26 Å². The van der Waals surface area contributed by atoms with Crippen LogP contribution in [0.1, 0.15) is 19.4 Å². The average Bonchev–Trinajstić information content (AvgIpc) is 2.26. The van der Waals surface area contributed by atoms with Gasteiger partial charge in [-0.1, -0.05) is 30.3 Å². The molecule has 0 aliphatic heterocycles. The summed E-state index contributed by atoms with van der Waals surface area (Å²) in [6.07, 6.45) is 0. The fourth-order valence-corrected chi connectivity index (χ4v) is 1.15. The maximum atomic E-state index is 10.7. The maximum Gasteiger partial charge on any atom is 0.308 e. The van der Waals surface area contributed by atoms with Gasteiger partial charge in [-0.2, -0.15) is 5.26 Å². The second-order valence-electron chi connectivity index (χ2n) is 3.03. The molecule has 0 spiro atoms. The van der Waals surface area contributed by atoms with Crippen LogP contribution in [0.25, 0.3) is 5.57 Å². The first-order valence-corrected chi connectivity index (χ1v) is 4.50. The van der Waals surface area contributed by atoms with Gasteiger partial charge < -0.3 is 4.74 Å². The van der Waals surface area contributed by atoms with E-state index in [2.05, 4.69) is 0 Å². The van der Waals surface area contributed by atoms with Crippen molar-refractivity contribution < 1.29 is 9.53 Å². The third-order valence-electron chi connectivity index (χ3n) is 1.89. The van der Waals surface area contributed by atoms with Crippen LogP contribution in [0, 0.1) is 11.3 Å². The van der Waals surface area contributed by atoms with Gasteiger partial charge in [0.25, 0.3) is 0 Å². The third-order valence-corrected chi connectivity index (χ3v) is 1.89. The van der Waals surface area contributed by atoms with Crippen molar-refractivity contribution in [2.75, 3.05) is 0 Å². The first-order chi connectivity index (χ1) is 7.15. The lowest BCUT2D eigenvalue weighted by molar-refractivity contribution is -0.136. The molecule has 0 atom stereocenters. The first kappa shape index (κ1) is 11.0. The molecule has 0 saturated heterocycles. The monoisotopic (exact) mass is 201 g/mol. The third kappa shape index (κ3) is 2.96.